The molecule has 25 heavy (non-hydrogen) atoms. The van der Waals surface area contributed by atoms with Crippen LogP contribution in [0.1, 0.15) is 35.7 Å². The van der Waals surface area contributed by atoms with Crippen molar-refractivity contribution in [1.29, 1.82) is 0 Å². The molecule has 0 aliphatic heterocycles. The summed E-state index contributed by atoms with van der Waals surface area (Å²) in [5.41, 5.74) is 1.46. The molecular formula is C20H19NO4. The molecular weight excluding hydrogens is 318 g/mol. The van der Waals surface area contributed by atoms with Gasteiger partial charge in [0.15, 0.2) is 12.4 Å². The minimum absolute atomic E-state index is 0.0394. The highest BCUT2D eigenvalue weighted by Gasteiger charge is 2.52. The number of Topliss-reactive ketones (excluding diaryl/α,β-unsaturated/α-hetero) is 1. The van der Waals surface area contributed by atoms with E-state index in [4.69, 9.17) is 4.74 Å². The lowest BCUT2D eigenvalue weighted by atomic mass is 9.96. The highest BCUT2D eigenvalue weighted by Crippen LogP contribution is 2.49. The van der Waals surface area contributed by atoms with E-state index >= 15 is 0 Å². The van der Waals surface area contributed by atoms with E-state index in [2.05, 4.69) is 5.32 Å². The van der Waals surface area contributed by atoms with Gasteiger partial charge in [0, 0.05) is 11.3 Å². The first kappa shape index (κ1) is 16.9. The summed E-state index contributed by atoms with van der Waals surface area (Å²) in [5.74, 6) is -0.809. The summed E-state index contributed by atoms with van der Waals surface area (Å²) in [4.78, 5) is 35.6. The van der Waals surface area contributed by atoms with Gasteiger partial charge in [0.05, 0.1) is 5.41 Å². The molecule has 0 atom stereocenters. The second-order valence-electron chi connectivity index (χ2n) is 6.21. The lowest BCUT2D eigenvalue weighted by Crippen LogP contribution is -2.28. The van der Waals surface area contributed by atoms with E-state index < -0.39 is 11.3 Å². The summed E-state index contributed by atoms with van der Waals surface area (Å²) in [6.07, 6.45) is 1.48. The molecule has 1 amide bonds. The summed E-state index contributed by atoms with van der Waals surface area (Å²) < 4.78 is 5.21. The van der Waals surface area contributed by atoms with E-state index in [-0.39, 0.29) is 18.4 Å². The molecule has 0 heterocycles. The predicted molar refractivity (Wildman–Crippen MR) is 93.4 cm³/mol. The standard InChI is InChI=1S/C20H19NO4/c1-14(22)15-7-9-17(10-8-15)21-18(23)13-25-19(24)20(11-12-20)16-5-3-2-4-6-16/h2-10H,11-13H2,1H3,(H,21,23). The fraction of sp³-hybridized carbons (Fsp3) is 0.250. The molecule has 2 aromatic carbocycles. The van der Waals surface area contributed by atoms with Crippen molar-refractivity contribution in [1.82, 2.24) is 0 Å². The van der Waals surface area contributed by atoms with Crippen LogP contribution in [0, 0.1) is 0 Å². The van der Waals surface area contributed by atoms with Gasteiger partial charge in [-0.15, -0.1) is 0 Å². The lowest BCUT2D eigenvalue weighted by Gasteiger charge is -2.14. The summed E-state index contributed by atoms with van der Waals surface area (Å²) in [7, 11) is 0. The second-order valence-corrected chi connectivity index (χ2v) is 6.21. The molecule has 1 saturated carbocycles. The molecule has 2 aromatic rings. The first-order chi connectivity index (χ1) is 12.0. The van der Waals surface area contributed by atoms with Crippen LogP contribution in [0.3, 0.4) is 0 Å². The molecule has 5 nitrogen and oxygen atoms in total. The summed E-state index contributed by atoms with van der Waals surface area (Å²) in [6, 6.07) is 16.1. The van der Waals surface area contributed by atoms with Crippen LogP contribution in [0.5, 0.6) is 0 Å². The van der Waals surface area contributed by atoms with Gasteiger partial charge >= 0.3 is 5.97 Å². The SMILES string of the molecule is CC(=O)c1ccc(NC(=O)COC(=O)C2(c3ccccc3)CC2)cc1. The maximum absolute atomic E-state index is 12.4. The Labute approximate surface area is 146 Å². The number of hydrogen-bond donors (Lipinski definition) is 1. The van der Waals surface area contributed by atoms with Crippen LogP contribution < -0.4 is 5.32 Å². The van der Waals surface area contributed by atoms with Gasteiger partial charge in [0.1, 0.15) is 0 Å². The molecule has 1 fully saturated rings. The van der Waals surface area contributed by atoms with E-state index in [0.29, 0.717) is 11.3 Å². The molecule has 3 rings (SSSR count). The number of benzene rings is 2. The van der Waals surface area contributed by atoms with Crippen molar-refractivity contribution in [3.63, 3.8) is 0 Å². The van der Waals surface area contributed by atoms with Crippen molar-refractivity contribution in [3.8, 4) is 0 Å². The van der Waals surface area contributed by atoms with Gasteiger partial charge in [-0.2, -0.15) is 0 Å². The fourth-order valence-corrected chi connectivity index (χ4v) is 2.75. The van der Waals surface area contributed by atoms with Gasteiger partial charge in [-0.25, -0.2) is 0 Å². The molecule has 1 N–H and O–H groups in total. The number of ketones is 1. The average Bonchev–Trinajstić information content (AvgIpc) is 3.43. The van der Waals surface area contributed by atoms with Crippen molar-refractivity contribution < 1.29 is 19.1 Å². The van der Waals surface area contributed by atoms with Gasteiger partial charge in [0.2, 0.25) is 0 Å². The normalized spacial score (nSPS) is 14.4. The molecule has 128 valence electrons. The van der Waals surface area contributed by atoms with Crippen LogP contribution in [0.25, 0.3) is 0 Å². The number of ether oxygens (including phenoxy) is 1. The number of amides is 1. The maximum Gasteiger partial charge on any atom is 0.317 e. The highest BCUT2D eigenvalue weighted by molar-refractivity contribution is 5.96. The Morgan fingerprint density at radius 1 is 1.00 bits per heavy atom. The summed E-state index contributed by atoms with van der Waals surface area (Å²) >= 11 is 0. The largest absolute Gasteiger partial charge is 0.455 e. The van der Waals surface area contributed by atoms with Crippen LogP contribution in [0.15, 0.2) is 54.6 Å². The maximum atomic E-state index is 12.4. The zero-order valence-electron chi connectivity index (χ0n) is 14.0. The Bertz CT molecular complexity index is 792. The molecule has 1 aliphatic carbocycles. The minimum Gasteiger partial charge on any atom is -0.455 e. The molecule has 0 bridgehead atoms. The number of carbonyl (C=O) groups is 3. The molecule has 1 aliphatic rings. The zero-order valence-corrected chi connectivity index (χ0v) is 14.0. The van der Waals surface area contributed by atoms with Crippen molar-refractivity contribution >= 4 is 23.3 Å². The monoisotopic (exact) mass is 337 g/mol. The number of hydrogen-bond acceptors (Lipinski definition) is 4. The molecule has 0 aromatic heterocycles. The van der Waals surface area contributed by atoms with Crippen molar-refractivity contribution in [3.05, 3.63) is 65.7 Å². The van der Waals surface area contributed by atoms with Crippen molar-refractivity contribution in [2.75, 3.05) is 11.9 Å². The van der Waals surface area contributed by atoms with Crippen LogP contribution in [-0.4, -0.2) is 24.3 Å². The van der Waals surface area contributed by atoms with Crippen molar-refractivity contribution in [2.45, 2.75) is 25.2 Å². The smallest absolute Gasteiger partial charge is 0.317 e. The van der Waals surface area contributed by atoms with E-state index in [1.807, 2.05) is 30.3 Å². The van der Waals surface area contributed by atoms with Crippen molar-refractivity contribution in [2.24, 2.45) is 0 Å². The molecule has 0 radical (unpaired) electrons. The Balaban J connectivity index is 1.54. The zero-order chi connectivity index (χ0) is 17.9. The minimum atomic E-state index is -0.593. The van der Waals surface area contributed by atoms with Gasteiger partial charge in [-0.05, 0) is 49.6 Å². The number of carbonyl (C=O) groups excluding carboxylic acids is 3. The molecule has 5 heteroatoms. The first-order valence-corrected chi connectivity index (χ1v) is 8.15. The van der Waals surface area contributed by atoms with E-state index in [1.165, 1.54) is 6.92 Å². The molecule has 0 unspecified atom stereocenters. The molecule has 0 saturated heterocycles. The molecule has 0 spiro atoms. The third-order valence-electron chi connectivity index (χ3n) is 4.38. The number of rotatable bonds is 6. The Morgan fingerprint density at radius 2 is 1.64 bits per heavy atom. The first-order valence-electron chi connectivity index (χ1n) is 8.15. The highest BCUT2D eigenvalue weighted by atomic mass is 16.5. The van der Waals surface area contributed by atoms with Gasteiger partial charge in [-0.3, -0.25) is 14.4 Å². The number of anilines is 1. The van der Waals surface area contributed by atoms with Gasteiger partial charge < -0.3 is 10.1 Å². The van der Waals surface area contributed by atoms with Crippen LogP contribution in [-0.2, 0) is 19.7 Å². The third kappa shape index (κ3) is 3.76. The van der Waals surface area contributed by atoms with Crippen LogP contribution in [0.2, 0.25) is 0 Å². The fourth-order valence-electron chi connectivity index (χ4n) is 2.75. The van der Waals surface area contributed by atoms with E-state index in [9.17, 15) is 14.4 Å². The number of esters is 1. The third-order valence-corrected chi connectivity index (χ3v) is 4.38. The van der Waals surface area contributed by atoms with Gasteiger partial charge in [-0.1, -0.05) is 30.3 Å². The second kappa shape index (κ2) is 6.89. The van der Waals surface area contributed by atoms with E-state index in [1.54, 1.807) is 24.3 Å². The Kier molecular flexibility index (Phi) is 4.65. The van der Waals surface area contributed by atoms with Gasteiger partial charge in [0.25, 0.3) is 5.91 Å². The predicted octanol–water partition coefficient (Wildman–Crippen LogP) is 3.10. The Hall–Kier alpha value is -2.95. The topological polar surface area (TPSA) is 72.5 Å². The quantitative estimate of drug-likeness (QED) is 0.649. The van der Waals surface area contributed by atoms with E-state index in [0.717, 1.165) is 18.4 Å². The van der Waals surface area contributed by atoms with Crippen LogP contribution in [0.4, 0.5) is 5.69 Å². The lowest BCUT2D eigenvalue weighted by molar-refractivity contribution is -0.150. The Morgan fingerprint density at radius 3 is 2.20 bits per heavy atom. The van der Waals surface area contributed by atoms with Crippen LogP contribution >= 0.6 is 0 Å². The summed E-state index contributed by atoms with van der Waals surface area (Å²) in [6.45, 7) is 1.15. The average molecular weight is 337 g/mol. The number of nitrogens with one attached hydrogen (secondary N) is 1. The summed E-state index contributed by atoms with van der Waals surface area (Å²) in [5, 5.41) is 2.65.